The van der Waals surface area contributed by atoms with Crippen LogP contribution in [0.1, 0.15) is 35.1 Å². The Morgan fingerprint density at radius 1 is 1.33 bits per heavy atom. The van der Waals surface area contributed by atoms with Crippen LogP contribution < -0.4 is 0 Å². The van der Waals surface area contributed by atoms with E-state index in [-0.39, 0.29) is 11.7 Å². The van der Waals surface area contributed by atoms with Crippen molar-refractivity contribution in [2.45, 2.75) is 24.9 Å². The van der Waals surface area contributed by atoms with Crippen molar-refractivity contribution in [2.75, 3.05) is 13.1 Å². The van der Waals surface area contributed by atoms with Gasteiger partial charge in [-0.1, -0.05) is 25.1 Å². The first kappa shape index (κ1) is 16.5. The van der Waals surface area contributed by atoms with Crippen molar-refractivity contribution in [1.82, 2.24) is 19.7 Å². The van der Waals surface area contributed by atoms with E-state index < -0.39 is 17.2 Å². The lowest BCUT2D eigenvalue weighted by Gasteiger charge is -2.25. The molecule has 5 nitrogen and oxygen atoms in total. The van der Waals surface area contributed by atoms with Gasteiger partial charge in [-0.15, -0.1) is 5.10 Å². The van der Waals surface area contributed by atoms with E-state index in [0.29, 0.717) is 25.1 Å². The van der Waals surface area contributed by atoms with E-state index in [2.05, 4.69) is 10.1 Å². The molecule has 0 radical (unpaired) electrons. The molecule has 1 aliphatic rings. The predicted octanol–water partition coefficient (Wildman–Crippen LogP) is 2.64. The van der Waals surface area contributed by atoms with Crippen molar-refractivity contribution < 1.29 is 18.0 Å². The van der Waals surface area contributed by atoms with Crippen molar-refractivity contribution in [3.05, 3.63) is 47.5 Å². The van der Waals surface area contributed by atoms with Crippen molar-refractivity contribution >= 4 is 5.91 Å². The highest BCUT2D eigenvalue weighted by atomic mass is 19.4. The SMILES string of the molecule is Cn1cnc(C(=O)N2CC[C@](C)(c3cccc(C(F)(F)F)c3)C2)n1. The highest BCUT2D eigenvalue weighted by Crippen LogP contribution is 2.37. The van der Waals surface area contributed by atoms with Crippen LogP contribution in [0.4, 0.5) is 13.2 Å². The number of benzene rings is 1. The molecule has 2 aromatic rings. The minimum absolute atomic E-state index is 0.103. The number of aromatic nitrogens is 3. The summed E-state index contributed by atoms with van der Waals surface area (Å²) in [6, 6.07) is 5.33. The third kappa shape index (κ3) is 3.00. The fourth-order valence-corrected chi connectivity index (χ4v) is 3.02. The van der Waals surface area contributed by atoms with Gasteiger partial charge in [0.1, 0.15) is 6.33 Å². The summed E-state index contributed by atoms with van der Waals surface area (Å²) in [5.74, 6) is -0.197. The second kappa shape index (κ2) is 5.61. The second-order valence-corrected chi connectivity index (χ2v) is 6.36. The maximum Gasteiger partial charge on any atom is 0.416 e. The molecule has 0 aliphatic carbocycles. The van der Waals surface area contributed by atoms with Crippen molar-refractivity contribution in [2.24, 2.45) is 7.05 Å². The van der Waals surface area contributed by atoms with Gasteiger partial charge in [0.25, 0.3) is 5.91 Å². The molecule has 8 heteroatoms. The molecule has 1 saturated heterocycles. The monoisotopic (exact) mass is 338 g/mol. The van der Waals surface area contributed by atoms with Gasteiger partial charge in [0.15, 0.2) is 0 Å². The van der Waals surface area contributed by atoms with Crippen molar-refractivity contribution in [3.63, 3.8) is 0 Å². The standard InChI is InChI=1S/C16H17F3N4O/c1-15(11-4-3-5-12(8-11)16(17,18)19)6-7-23(9-15)14(24)13-20-10-22(2)21-13/h3-5,8,10H,6-7,9H2,1-2H3/t15-/m0/s1. The van der Waals surface area contributed by atoms with Crippen LogP contribution in [0.15, 0.2) is 30.6 Å². The summed E-state index contributed by atoms with van der Waals surface area (Å²) >= 11 is 0. The molecule has 1 fully saturated rings. The Morgan fingerprint density at radius 2 is 2.08 bits per heavy atom. The molecule has 128 valence electrons. The minimum Gasteiger partial charge on any atom is -0.335 e. The summed E-state index contributed by atoms with van der Waals surface area (Å²) in [6.45, 7) is 2.68. The number of halogens is 3. The third-order valence-electron chi connectivity index (χ3n) is 4.44. The number of hydrogen-bond acceptors (Lipinski definition) is 3. The summed E-state index contributed by atoms with van der Waals surface area (Å²) < 4.78 is 40.2. The van der Waals surface area contributed by atoms with E-state index in [1.54, 1.807) is 18.0 Å². The first-order valence-corrected chi connectivity index (χ1v) is 7.52. The van der Waals surface area contributed by atoms with Crippen LogP contribution in [0, 0.1) is 0 Å². The van der Waals surface area contributed by atoms with Gasteiger partial charge in [0.2, 0.25) is 5.82 Å². The molecule has 1 aromatic heterocycles. The summed E-state index contributed by atoms with van der Waals surface area (Å²) in [5.41, 5.74) is -0.606. The number of aryl methyl sites for hydroxylation is 1. The summed E-state index contributed by atoms with van der Waals surface area (Å²) in [4.78, 5) is 17.9. The van der Waals surface area contributed by atoms with Crippen LogP contribution >= 0.6 is 0 Å². The molecule has 0 unspecified atom stereocenters. The minimum atomic E-state index is -4.38. The first-order valence-electron chi connectivity index (χ1n) is 7.52. The smallest absolute Gasteiger partial charge is 0.335 e. The van der Waals surface area contributed by atoms with Crippen LogP contribution in [-0.2, 0) is 18.6 Å². The number of nitrogens with zero attached hydrogens (tertiary/aromatic N) is 4. The quantitative estimate of drug-likeness (QED) is 0.846. The van der Waals surface area contributed by atoms with Crippen LogP contribution in [-0.4, -0.2) is 38.7 Å². The molecule has 0 spiro atoms. The van der Waals surface area contributed by atoms with Gasteiger partial charge >= 0.3 is 6.18 Å². The molecule has 1 amide bonds. The van der Waals surface area contributed by atoms with E-state index in [9.17, 15) is 18.0 Å². The zero-order valence-corrected chi connectivity index (χ0v) is 13.3. The van der Waals surface area contributed by atoms with Gasteiger partial charge in [-0.3, -0.25) is 9.48 Å². The Kier molecular flexibility index (Phi) is 3.85. The summed E-state index contributed by atoms with van der Waals surface area (Å²) in [5, 5.41) is 3.99. The lowest BCUT2D eigenvalue weighted by atomic mass is 9.81. The molecule has 0 saturated carbocycles. The molecule has 24 heavy (non-hydrogen) atoms. The van der Waals surface area contributed by atoms with Gasteiger partial charge in [0.05, 0.1) is 5.56 Å². The number of alkyl halides is 3. The number of rotatable bonds is 2. The predicted molar refractivity (Wildman–Crippen MR) is 80.3 cm³/mol. The molecule has 2 heterocycles. The first-order chi connectivity index (χ1) is 11.2. The highest BCUT2D eigenvalue weighted by Gasteiger charge is 2.40. The zero-order valence-electron chi connectivity index (χ0n) is 13.3. The molecular formula is C16H17F3N4O. The van der Waals surface area contributed by atoms with Gasteiger partial charge in [-0.05, 0) is 18.1 Å². The number of carbonyl (C=O) groups is 1. The molecule has 1 aromatic carbocycles. The highest BCUT2D eigenvalue weighted by molar-refractivity contribution is 5.90. The topological polar surface area (TPSA) is 51.0 Å². The fraction of sp³-hybridized carbons (Fsp3) is 0.438. The average molecular weight is 338 g/mol. The molecule has 0 bridgehead atoms. The number of carbonyl (C=O) groups excluding carboxylic acids is 1. The normalized spacial score (nSPS) is 21.3. The van der Waals surface area contributed by atoms with E-state index in [4.69, 9.17) is 0 Å². The van der Waals surface area contributed by atoms with E-state index in [0.717, 1.165) is 6.07 Å². The van der Waals surface area contributed by atoms with Gasteiger partial charge in [-0.2, -0.15) is 13.2 Å². The lowest BCUT2D eigenvalue weighted by molar-refractivity contribution is -0.137. The van der Waals surface area contributed by atoms with Crippen molar-refractivity contribution in [3.8, 4) is 0 Å². The summed E-state index contributed by atoms with van der Waals surface area (Å²) in [6.07, 6.45) is -2.35. The number of hydrogen-bond donors (Lipinski definition) is 0. The van der Waals surface area contributed by atoms with Gasteiger partial charge in [0, 0.05) is 25.6 Å². The van der Waals surface area contributed by atoms with E-state index in [1.165, 1.54) is 23.1 Å². The Bertz CT molecular complexity index is 771. The summed E-state index contributed by atoms with van der Waals surface area (Å²) in [7, 11) is 1.67. The largest absolute Gasteiger partial charge is 0.416 e. The van der Waals surface area contributed by atoms with Crippen LogP contribution in [0.2, 0.25) is 0 Å². The Morgan fingerprint density at radius 3 is 2.71 bits per heavy atom. The van der Waals surface area contributed by atoms with Crippen LogP contribution in [0.3, 0.4) is 0 Å². The van der Waals surface area contributed by atoms with Crippen molar-refractivity contribution in [1.29, 1.82) is 0 Å². The molecule has 1 aliphatic heterocycles. The number of amides is 1. The third-order valence-corrected chi connectivity index (χ3v) is 4.44. The molecule has 1 atom stereocenters. The average Bonchev–Trinajstić information content (AvgIpc) is 3.13. The fourth-order valence-electron chi connectivity index (χ4n) is 3.02. The Labute approximate surface area is 137 Å². The van der Waals surface area contributed by atoms with Gasteiger partial charge in [-0.25, -0.2) is 4.98 Å². The maximum atomic E-state index is 12.9. The maximum absolute atomic E-state index is 12.9. The lowest BCUT2D eigenvalue weighted by Crippen LogP contribution is -2.33. The Hall–Kier alpha value is -2.38. The molecular weight excluding hydrogens is 321 g/mol. The van der Waals surface area contributed by atoms with Crippen LogP contribution in [0.25, 0.3) is 0 Å². The molecule has 0 N–H and O–H groups in total. The van der Waals surface area contributed by atoms with E-state index >= 15 is 0 Å². The molecule has 3 rings (SSSR count). The Balaban J connectivity index is 1.82. The second-order valence-electron chi connectivity index (χ2n) is 6.36. The van der Waals surface area contributed by atoms with E-state index in [1.807, 2.05) is 6.92 Å². The van der Waals surface area contributed by atoms with Gasteiger partial charge < -0.3 is 4.90 Å². The zero-order chi connectivity index (χ0) is 17.5. The number of likely N-dealkylation sites (tertiary alicyclic amines) is 1. The van der Waals surface area contributed by atoms with Crippen LogP contribution in [0.5, 0.6) is 0 Å².